The molecule has 33 heavy (non-hydrogen) atoms. The molecule has 2 fully saturated rings. The first-order valence-corrected chi connectivity index (χ1v) is 12.7. The Kier molecular flexibility index (Phi) is 7.09. The summed E-state index contributed by atoms with van der Waals surface area (Å²) in [6, 6.07) is 11.6. The van der Waals surface area contributed by atoms with Crippen molar-refractivity contribution in [1.29, 1.82) is 0 Å². The van der Waals surface area contributed by atoms with Crippen molar-refractivity contribution in [2.45, 2.75) is 37.0 Å². The van der Waals surface area contributed by atoms with Crippen molar-refractivity contribution >= 4 is 27.5 Å². The van der Waals surface area contributed by atoms with Gasteiger partial charge in [0.25, 0.3) is 5.91 Å². The Morgan fingerprint density at radius 1 is 0.909 bits per heavy atom. The number of halogens is 1. The molecule has 2 aliphatic rings. The minimum absolute atomic E-state index is 0.00225. The molecule has 4 rings (SSSR count). The van der Waals surface area contributed by atoms with E-state index in [2.05, 4.69) is 5.32 Å². The van der Waals surface area contributed by atoms with Gasteiger partial charge in [0.2, 0.25) is 15.9 Å². The number of sulfonamides is 1. The lowest BCUT2D eigenvalue weighted by Crippen LogP contribution is -2.43. The smallest absolute Gasteiger partial charge is 0.255 e. The maximum Gasteiger partial charge on any atom is 0.255 e. The number of amides is 2. The van der Waals surface area contributed by atoms with Gasteiger partial charge in [0.05, 0.1) is 22.1 Å². The molecular weight excluding hydrogens is 445 g/mol. The second kappa shape index (κ2) is 10.0. The molecule has 2 aromatic rings. The lowest BCUT2D eigenvalue weighted by atomic mass is 9.98. The summed E-state index contributed by atoms with van der Waals surface area (Å²) in [5.74, 6) is -1.47. The lowest BCUT2D eigenvalue weighted by molar-refractivity contribution is -0.120. The van der Waals surface area contributed by atoms with Crippen LogP contribution in [0.4, 0.5) is 10.1 Å². The first-order chi connectivity index (χ1) is 15.9. The molecule has 2 amide bonds. The van der Waals surface area contributed by atoms with E-state index in [1.165, 1.54) is 16.4 Å². The van der Waals surface area contributed by atoms with Crippen molar-refractivity contribution in [2.24, 2.45) is 5.92 Å². The van der Waals surface area contributed by atoms with Gasteiger partial charge in [0.1, 0.15) is 5.82 Å². The van der Waals surface area contributed by atoms with Crippen LogP contribution in [0, 0.1) is 11.7 Å². The number of para-hydroxylation sites is 1. The fourth-order valence-corrected chi connectivity index (χ4v) is 5.93. The number of nitrogens with one attached hydrogen (secondary N) is 1. The standard InChI is InChI=1S/C24H28FN3O4S/c25-19-10-12-20(13-11-19)33(31,32)28-16-6-7-18(17-28)23(29)26-22-9-3-2-8-21(22)24(30)27-14-4-1-5-15-27/h2-3,8-13,18H,1,4-7,14-17H2,(H,26,29). The van der Waals surface area contributed by atoms with E-state index in [4.69, 9.17) is 0 Å². The summed E-state index contributed by atoms with van der Waals surface area (Å²) < 4.78 is 40.4. The Morgan fingerprint density at radius 3 is 2.33 bits per heavy atom. The molecule has 9 heteroatoms. The number of anilines is 1. The van der Waals surface area contributed by atoms with Crippen molar-refractivity contribution < 1.29 is 22.4 Å². The van der Waals surface area contributed by atoms with Gasteiger partial charge in [-0.1, -0.05) is 12.1 Å². The maximum absolute atomic E-state index is 13.2. The van der Waals surface area contributed by atoms with Gasteiger partial charge >= 0.3 is 0 Å². The minimum Gasteiger partial charge on any atom is -0.339 e. The molecule has 2 saturated heterocycles. The topological polar surface area (TPSA) is 86.8 Å². The molecule has 2 aliphatic heterocycles. The third-order valence-electron chi connectivity index (χ3n) is 6.26. The molecule has 0 aliphatic carbocycles. The maximum atomic E-state index is 13.2. The number of likely N-dealkylation sites (tertiary alicyclic amines) is 1. The zero-order valence-corrected chi connectivity index (χ0v) is 19.2. The van der Waals surface area contributed by atoms with E-state index < -0.39 is 21.8 Å². The summed E-state index contributed by atoms with van der Waals surface area (Å²) in [6.45, 7) is 1.75. The summed E-state index contributed by atoms with van der Waals surface area (Å²) in [5, 5.41) is 2.86. The molecular formula is C24H28FN3O4S. The van der Waals surface area contributed by atoms with Gasteiger partial charge in [0.15, 0.2) is 0 Å². The van der Waals surface area contributed by atoms with Crippen LogP contribution in [0.3, 0.4) is 0 Å². The molecule has 0 spiro atoms. The van der Waals surface area contributed by atoms with E-state index in [1.807, 2.05) is 4.90 Å². The fraction of sp³-hybridized carbons (Fsp3) is 0.417. The number of carbonyl (C=O) groups is 2. The Bertz CT molecular complexity index is 1110. The molecule has 0 saturated carbocycles. The van der Waals surface area contributed by atoms with Gasteiger partial charge in [-0.25, -0.2) is 12.8 Å². The van der Waals surface area contributed by atoms with Gasteiger partial charge < -0.3 is 10.2 Å². The van der Waals surface area contributed by atoms with Crippen LogP contribution in [0.15, 0.2) is 53.4 Å². The Labute approximate surface area is 193 Å². The molecule has 2 aromatic carbocycles. The fourth-order valence-electron chi connectivity index (χ4n) is 4.41. The highest BCUT2D eigenvalue weighted by molar-refractivity contribution is 7.89. The number of nitrogens with zero attached hydrogens (tertiary/aromatic N) is 2. The molecule has 1 N–H and O–H groups in total. The second-order valence-corrected chi connectivity index (χ2v) is 10.5. The van der Waals surface area contributed by atoms with Gasteiger partial charge in [-0.2, -0.15) is 4.31 Å². The van der Waals surface area contributed by atoms with Gasteiger partial charge in [-0.15, -0.1) is 0 Å². The number of carbonyl (C=O) groups excluding carboxylic acids is 2. The SMILES string of the molecule is O=C(Nc1ccccc1C(=O)N1CCCCC1)C1CCCN(S(=O)(=O)c2ccc(F)cc2)C1. The van der Waals surface area contributed by atoms with Crippen molar-refractivity contribution in [3.8, 4) is 0 Å². The third-order valence-corrected chi connectivity index (χ3v) is 8.14. The largest absolute Gasteiger partial charge is 0.339 e. The van der Waals surface area contributed by atoms with Crippen molar-refractivity contribution in [3.05, 3.63) is 59.9 Å². The molecule has 7 nitrogen and oxygen atoms in total. The Balaban J connectivity index is 1.47. The summed E-state index contributed by atoms with van der Waals surface area (Å²) in [4.78, 5) is 27.9. The Hall–Kier alpha value is -2.78. The van der Waals surface area contributed by atoms with Crippen LogP contribution in [0.25, 0.3) is 0 Å². The van der Waals surface area contributed by atoms with E-state index in [-0.39, 0.29) is 23.3 Å². The van der Waals surface area contributed by atoms with Gasteiger partial charge in [-0.3, -0.25) is 9.59 Å². The van der Waals surface area contributed by atoms with Gasteiger partial charge in [0, 0.05) is 26.2 Å². The zero-order chi connectivity index (χ0) is 23.4. The summed E-state index contributed by atoms with van der Waals surface area (Å²) in [7, 11) is -3.83. The first-order valence-electron chi connectivity index (χ1n) is 11.3. The molecule has 0 radical (unpaired) electrons. The van der Waals surface area contributed by atoms with Crippen LogP contribution in [0.1, 0.15) is 42.5 Å². The predicted octanol–water partition coefficient (Wildman–Crippen LogP) is 3.49. The highest BCUT2D eigenvalue weighted by Gasteiger charge is 2.34. The van der Waals surface area contributed by atoms with E-state index >= 15 is 0 Å². The average molecular weight is 474 g/mol. The van der Waals surface area contributed by atoms with Gasteiger partial charge in [-0.05, 0) is 68.5 Å². The third kappa shape index (κ3) is 5.25. The van der Waals surface area contributed by atoms with Crippen molar-refractivity contribution in [3.63, 3.8) is 0 Å². The van der Waals surface area contributed by atoms with E-state index in [0.717, 1.165) is 31.4 Å². The highest BCUT2D eigenvalue weighted by Crippen LogP contribution is 2.26. The number of hydrogen-bond donors (Lipinski definition) is 1. The molecule has 1 atom stereocenters. The molecule has 0 aromatic heterocycles. The lowest BCUT2D eigenvalue weighted by Gasteiger charge is -2.31. The average Bonchev–Trinajstić information content (AvgIpc) is 2.85. The van der Waals surface area contributed by atoms with Crippen molar-refractivity contribution in [2.75, 3.05) is 31.5 Å². The number of benzene rings is 2. The number of hydrogen-bond acceptors (Lipinski definition) is 4. The molecule has 0 bridgehead atoms. The first kappa shape index (κ1) is 23.4. The van der Waals surface area contributed by atoms with Crippen LogP contribution in [-0.4, -0.2) is 55.6 Å². The molecule has 2 heterocycles. The van der Waals surface area contributed by atoms with Crippen molar-refractivity contribution in [1.82, 2.24) is 9.21 Å². The summed E-state index contributed by atoms with van der Waals surface area (Å²) in [5.41, 5.74) is 0.885. The van der Waals surface area contributed by atoms with E-state index in [9.17, 15) is 22.4 Å². The van der Waals surface area contributed by atoms with E-state index in [1.54, 1.807) is 24.3 Å². The summed E-state index contributed by atoms with van der Waals surface area (Å²) in [6.07, 6.45) is 4.14. The summed E-state index contributed by atoms with van der Waals surface area (Å²) >= 11 is 0. The highest BCUT2D eigenvalue weighted by atomic mass is 32.2. The van der Waals surface area contributed by atoms with Crippen LogP contribution < -0.4 is 5.32 Å². The minimum atomic E-state index is -3.83. The number of piperidine rings is 2. The second-order valence-electron chi connectivity index (χ2n) is 8.54. The Morgan fingerprint density at radius 2 is 1.61 bits per heavy atom. The van der Waals surface area contributed by atoms with Crippen LogP contribution in [0.5, 0.6) is 0 Å². The molecule has 1 unspecified atom stereocenters. The predicted molar refractivity (Wildman–Crippen MR) is 123 cm³/mol. The normalized spacial score (nSPS) is 19.8. The van der Waals surface area contributed by atoms with Crippen LogP contribution in [-0.2, 0) is 14.8 Å². The van der Waals surface area contributed by atoms with E-state index in [0.29, 0.717) is 43.7 Å². The zero-order valence-electron chi connectivity index (χ0n) is 18.4. The van der Waals surface area contributed by atoms with Crippen LogP contribution in [0.2, 0.25) is 0 Å². The number of rotatable bonds is 5. The molecule has 176 valence electrons. The quantitative estimate of drug-likeness (QED) is 0.720. The monoisotopic (exact) mass is 473 g/mol. The van der Waals surface area contributed by atoms with Crippen LogP contribution >= 0.6 is 0 Å².